The number of ether oxygens (including phenoxy) is 1. The van der Waals surface area contributed by atoms with Gasteiger partial charge >= 0.3 is 0 Å². The van der Waals surface area contributed by atoms with E-state index in [0.29, 0.717) is 0 Å². The SMILES string of the molecule is CCCCOCCNCCn1nccc1C. The Balaban J connectivity index is 1.91. The Hall–Kier alpha value is -0.870. The number of unbranched alkanes of at least 4 members (excludes halogenated alkanes) is 1. The van der Waals surface area contributed by atoms with Gasteiger partial charge in [-0.05, 0) is 19.4 Å². The first-order valence-corrected chi connectivity index (χ1v) is 6.11. The monoisotopic (exact) mass is 225 g/mol. The van der Waals surface area contributed by atoms with Crippen molar-refractivity contribution in [3.63, 3.8) is 0 Å². The van der Waals surface area contributed by atoms with E-state index in [2.05, 4.69) is 24.3 Å². The summed E-state index contributed by atoms with van der Waals surface area (Å²) in [5.41, 5.74) is 1.21. The number of aryl methyl sites for hydroxylation is 1. The minimum atomic E-state index is 0.804. The van der Waals surface area contributed by atoms with Crippen molar-refractivity contribution in [3.05, 3.63) is 18.0 Å². The highest BCUT2D eigenvalue weighted by Crippen LogP contribution is 1.93. The molecule has 0 bridgehead atoms. The smallest absolute Gasteiger partial charge is 0.0590 e. The fraction of sp³-hybridized carbons (Fsp3) is 0.750. The molecule has 0 aliphatic heterocycles. The summed E-state index contributed by atoms with van der Waals surface area (Å²) < 4.78 is 7.46. The minimum absolute atomic E-state index is 0.804. The molecule has 1 aromatic rings. The molecule has 0 spiro atoms. The molecule has 0 saturated carbocycles. The van der Waals surface area contributed by atoms with Crippen LogP contribution in [-0.4, -0.2) is 36.1 Å². The molecule has 0 aliphatic carbocycles. The molecule has 4 heteroatoms. The first-order valence-electron chi connectivity index (χ1n) is 6.11. The maximum Gasteiger partial charge on any atom is 0.0590 e. The fourth-order valence-electron chi connectivity index (χ4n) is 1.44. The van der Waals surface area contributed by atoms with Gasteiger partial charge in [0.15, 0.2) is 0 Å². The third-order valence-electron chi connectivity index (χ3n) is 2.49. The molecule has 0 aromatic carbocycles. The van der Waals surface area contributed by atoms with Crippen LogP contribution in [0.15, 0.2) is 12.3 Å². The third-order valence-corrected chi connectivity index (χ3v) is 2.49. The molecule has 1 rings (SSSR count). The summed E-state index contributed by atoms with van der Waals surface area (Å²) in [6, 6.07) is 2.02. The quantitative estimate of drug-likeness (QED) is 0.649. The highest BCUT2D eigenvalue weighted by Gasteiger charge is 1.95. The van der Waals surface area contributed by atoms with E-state index in [1.807, 2.05) is 16.9 Å². The summed E-state index contributed by atoms with van der Waals surface area (Å²) in [6.07, 6.45) is 4.20. The molecule has 0 saturated heterocycles. The van der Waals surface area contributed by atoms with Crippen molar-refractivity contribution < 1.29 is 4.74 Å². The number of nitrogens with one attached hydrogen (secondary N) is 1. The second kappa shape index (κ2) is 8.30. The summed E-state index contributed by atoms with van der Waals surface area (Å²) in [6.45, 7) is 8.72. The Labute approximate surface area is 98.0 Å². The highest BCUT2D eigenvalue weighted by molar-refractivity contribution is 4.96. The average molecular weight is 225 g/mol. The zero-order chi connectivity index (χ0) is 11.6. The molecule has 0 aliphatic rings. The molecule has 1 aromatic heterocycles. The normalized spacial score (nSPS) is 10.9. The van der Waals surface area contributed by atoms with Crippen LogP contribution in [0.2, 0.25) is 0 Å². The van der Waals surface area contributed by atoms with Crippen molar-refractivity contribution in [2.45, 2.75) is 33.2 Å². The molecule has 0 atom stereocenters. The maximum absolute atomic E-state index is 5.45. The van der Waals surface area contributed by atoms with Crippen LogP contribution >= 0.6 is 0 Å². The predicted octanol–water partition coefficient (Wildman–Crippen LogP) is 1.60. The molecular formula is C12H23N3O. The highest BCUT2D eigenvalue weighted by atomic mass is 16.5. The van der Waals surface area contributed by atoms with Gasteiger partial charge in [0.2, 0.25) is 0 Å². The van der Waals surface area contributed by atoms with Crippen LogP contribution in [0.3, 0.4) is 0 Å². The van der Waals surface area contributed by atoms with Crippen LogP contribution in [0.5, 0.6) is 0 Å². The van der Waals surface area contributed by atoms with Gasteiger partial charge in [-0.15, -0.1) is 0 Å². The number of hydrogen-bond acceptors (Lipinski definition) is 3. The van der Waals surface area contributed by atoms with Crippen molar-refractivity contribution >= 4 is 0 Å². The van der Waals surface area contributed by atoms with Crippen molar-refractivity contribution in [2.75, 3.05) is 26.3 Å². The molecular weight excluding hydrogens is 202 g/mol. The van der Waals surface area contributed by atoms with Gasteiger partial charge in [0.1, 0.15) is 0 Å². The Kier molecular flexibility index (Phi) is 6.85. The van der Waals surface area contributed by atoms with Gasteiger partial charge in [0.05, 0.1) is 13.2 Å². The molecule has 92 valence electrons. The van der Waals surface area contributed by atoms with Gasteiger partial charge < -0.3 is 10.1 Å². The molecule has 0 fully saturated rings. The van der Waals surface area contributed by atoms with Gasteiger partial charge in [-0.1, -0.05) is 13.3 Å². The van der Waals surface area contributed by atoms with Gasteiger partial charge in [-0.2, -0.15) is 5.10 Å². The third kappa shape index (κ3) is 5.28. The Morgan fingerprint density at radius 2 is 2.25 bits per heavy atom. The largest absolute Gasteiger partial charge is 0.380 e. The lowest BCUT2D eigenvalue weighted by Crippen LogP contribution is -2.24. The van der Waals surface area contributed by atoms with E-state index in [-0.39, 0.29) is 0 Å². The van der Waals surface area contributed by atoms with Crippen LogP contribution in [0.4, 0.5) is 0 Å². The summed E-state index contributed by atoms with van der Waals surface area (Å²) in [5, 5.41) is 7.56. The summed E-state index contributed by atoms with van der Waals surface area (Å²) in [4.78, 5) is 0. The average Bonchev–Trinajstić information content (AvgIpc) is 2.68. The lowest BCUT2D eigenvalue weighted by atomic mass is 10.4. The van der Waals surface area contributed by atoms with Crippen molar-refractivity contribution in [2.24, 2.45) is 0 Å². The van der Waals surface area contributed by atoms with Gasteiger partial charge in [-0.25, -0.2) is 0 Å². The van der Waals surface area contributed by atoms with E-state index in [1.165, 1.54) is 12.1 Å². The molecule has 0 radical (unpaired) electrons. The predicted molar refractivity (Wildman–Crippen MR) is 65.6 cm³/mol. The summed E-state index contributed by atoms with van der Waals surface area (Å²) in [5.74, 6) is 0. The van der Waals surface area contributed by atoms with Crippen molar-refractivity contribution in [3.8, 4) is 0 Å². The van der Waals surface area contributed by atoms with Gasteiger partial charge in [0.25, 0.3) is 0 Å². The van der Waals surface area contributed by atoms with E-state index in [1.54, 1.807) is 0 Å². The number of aromatic nitrogens is 2. The van der Waals surface area contributed by atoms with Crippen LogP contribution < -0.4 is 5.32 Å². The summed E-state index contributed by atoms with van der Waals surface area (Å²) in [7, 11) is 0. The van der Waals surface area contributed by atoms with E-state index in [9.17, 15) is 0 Å². The zero-order valence-electron chi connectivity index (χ0n) is 10.4. The van der Waals surface area contributed by atoms with Crippen LogP contribution in [0.1, 0.15) is 25.5 Å². The van der Waals surface area contributed by atoms with E-state index >= 15 is 0 Å². The first-order chi connectivity index (χ1) is 7.84. The van der Waals surface area contributed by atoms with Crippen LogP contribution in [-0.2, 0) is 11.3 Å². The second-order valence-corrected chi connectivity index (χ2v) is 3.91. The van der Waals surface area contributed by atoms with E-state index < -0.39 is 0 Å². The minimum Gasteiger partial charge on any atom is -0.380 e. The first kappa shape index (κ1) is 13.2. The molecule has 0 unspecified atom stereocenters. The number of nitrogens with zero attached hydrogens (tertiary/aromatic N) is 2. The molecule has 1 N–H and O–H groups in total. The summed E-state index contributed by atoms with van der Waals surface area (Å²) >= 11 is 0. The van der Waals surface area contributed by atoms with Gasteiger partial charge in [0, 0.05) is 31.6 Å². The maximum atomic E-state index is 5.45. The Bertz CT molecular complexity index is 273. The van der Waals surface area contributed by atoms with Crippen molar-refractivity contribution in [1.29, 1.82) is 0 Å². The Morgan fingerprint density at radius 1 is 1.38 bits per heavy atom. The number of rotatable bonds is 9. The lowest BCUT2D eigenvalue weighted by Gasteiger charge is -2.07. The van der Waals surface area contributed by atoms with E-state index in [4.69, 9.17) is 4.74 Å². The Morgan fingerprint density at radius 3 is 2.94 bits per heavy atom. The second-order valence-electron chi connectivity index (χ2n) is 3.91. The van der Waals surface area contributed by atoms with Crippen LogP contribution in [0, 0.1) is 6.92 Å². The lowest BCUT2D eigenvalue weighted by molar-refractivity contribution is 0.133. The number of hydrogen-bond donors (Lipinski definition) is 1. The standard InChI is InChI=1S/C12H23N3O/c1-3-4-10-16-11-8-13-7-9-15-12(2)5-6-14-15/h5-6,13H,3-4,7-11H2,1-2H3. The van der Waals surface area contributed by atoms with Crippen molar-refractivity contribution in [1.82, 2.24) is 15.1 Å². The van der Waals surface area contributed by atoms with Crippen LogP contribution in [0.25, 0.3) is 0 Å². The molecule has 16 heavy (non-hydrogen) atoms. The molecule has 0 amide bonds. The molecule has 4 nitrogen and oxygen atoms in total. The molecule has 1 heterocycles. The van der Waals surface area contributed by atoms with E-state index in [0.717, 1.165) is 39.3 Å². The van der Waals surface area contributed by atoms with Gasteiger partial charge in [-0.3, -0.25) is 4.68 Å². The zero-order valence-corrected chi connectivity index (χ0v) is 10.4. The fourth-order valence-corrected chi connectivity index (χ4v) is 1.44. The topological polar surface area (TPSA) is 39.1 Å².